The fraction of sp³-hybridized carbons (Fsp3) is 0.333. The summed E-state index contributed by atoms with van der Waals surface area (Å²) in [5, 5.41) is 11.2. The summed E-state index contributed by atoms with van der Waals surface area (Å²) < 4.78 is 0. The lowest BCUT2D eigenvalue weighted by atomic mass is 10.3. The van der Waals surface area contributed by atoms with E-state index < -0.39 is 5.91 Å². The molecule has 3 N–H and O–H groups in total. The molecule has 0 aliphatic heterocycles. The number of aromatic amines is 1. The third-order valence-corrected chi connectivity index (χ3v) is 1.66. The van der Waals surface area contributed by atoms with Gasteiger partial charge in [-0.15, -0.1) is 0 Å². The lowest BCUT2D eigenvalue weighted by Crippen LogP contribution is -2.36. The maximum atomic E-state index is 11.4. The molecule has 1 amide bonds. The fourth-order valence-electron chi connectivity index (χ4n) is 0.927. The van der Waals surface area contributed by atoms with E-state index in [2.05, 4.69) is 10.3 Å². The molecule has 0 spiro atoms. The van der Waals surface area contributed by atoms with Crippen LogP contribution < -0.4 is 10.9 Å². The smallest absolute Gasteiger partial charge is 0.268 e. The van der Waals surface area contributed by atoms with Crippen LogP contribution >= 0.6 is 0 Å². The second-order valence-electron chi connectivity index (χ2n) is 2.99. The summed E-state index contributed by atoms with van der Waals surface area (Å²) in [5.74, 6) is -0.399. The Kier molecular flexibility index (Phi) is 3.41. The highest BCUT2D eigenvalue weighted by Gasteiger charge is 2.08. The topological polar surface area (TPSA) is 82.2 Å². The third-order valence-electron chi connectivity index (χ3n) is 1.66. The summed E-state index contributed by atoms with van der Waals surface area (Å²) in [6.07, 6.45) is 0. The van der Waals surface area contributed by atoms with Gasteiger partial charge < -0.3 is 15.4 Å². The van der Waals surface area contributed by atoms with Crippen molar-refractivity contribution in [3.05, 3.63) is 34.2 Å². The van der Waals surface area contributed by atoms with Gasteiger partial charge in [0.25, 0.3) is 5.91 Å². The second kappa shape index (κ2) is 4.57. The second-order valence-corrected chi connectivity index (χ2v) is 2.99. The van der Waals surface area contributed by atoms with E-state index in [-0.39, 0.29) is 23.9 Å². The maximum Gasteiger partial charge on any atom is 0.268 e. The molecule has 0 aromatic carbocycles. The molecule has 1 rings (SSSR count). The molecule has 5 nitrogen and oxygen atoms in total. The Hall–Kier alpha value is -1.62. The molecular formula is C9H12N2O3. The van der Waals surface area contributed by atoms with E-state index in [0.29, 0.717) is 0 Å². The van der Waals surface area contributed by atoms with Gasteiger partial charge in [0.1, 0.15) is 5.69 Å². The van der Waals surface area contributed by atoms with Gasteiger partial charge in [0.2, 0.25) is 5.56 Å². The van der Waals surface area contributed by atoms with Crippen LogP contribution in [0.4, 0.5) is 0 Å². The predicted molar refractivity (Wildman–Crippen MR) is 51.1 cm³/mol. The van der Waals surface area contributed by atoms with E-state index in [9.17, 15) is 9.59 Å². The minimum absolute atomic E-state index is 0.136. The Bertz CT molecular complexity index is 372. The van der Waals surface area contributed by atoms with Crippen molar-refractivity contribution in [3.8, 4) is 0 Å². The van der Waals surface area contributed by atoms with E-state index in [4.69, 9.17) is 5.11 Å². The Labute approximate surface area is 80.8 Å². The maximum absolute atomic E-state index is 11.4. The predicted octanol–water partition coefficient (Wildman–Crippen LogP) is -0.514. The van der Waals surface area contributed by atoms with Crippen LogP contribution in [-0.2, 0) is 0 Å². The van der Waals surface area contributed by atoms with Crippen LogP contribution in [0.2, 0.25) is 0 Å². The number of aliphatic hydroxyl groups is 1. The average Bonchev–Trinajstić information content (AvgIpc) is 2.17. The van der Waals surface area contributed by atoms with Gasteiger partial charge in [0.15, 0.2) is 0 Å². The van der Waals surface area contributed by atoms with Crippen molar-refractivity contribution >= 4 is 5.91 Å². The van der Waals surface area contributed by atoms with E-state index in [0.717, 1.165) is 0 Å². The molecular weight excluding hydrogens is 184 g/mol. The number of carbonyl (C=O) groups is 1. The number of pyridine rings is 1. The van der Waals surface area contributed by atoms with Gasteiger partial charge in [0, 0.05) is 12.1 Å². The van der Waals surface area contributed by atoms with E-state index >= 15 is 0 Å². The van der Waals surface area contributed by atoms with E-state index in [1.54, 1.807) is 6.92 Å². The standard InChI is InChI=1S/C9H12N2O3/c1-6(5-12)10-9(14)7-3-2-4-8(13)11-7/h2-4,6,12H,5H2,1H3,(H,10,14)(H,11,13). The Morgan fingerprint density at radius 2 is 2.36 bits per heavy atom. The van der Waals surface area contributed by atoms with Crippen molar-refractivity contribution in [1.29, 1.82) is 0 Å². The van der Waals surface area contributed by atoms with Gasteiger partial charge in [-0.1, -0.05) is 6.07 Å². The fourth-order valence-corrected chi connectivity index (χ4v) is 0.927. The Morgan fingerprint density at radius 1 is 1.64 bits per heavy atom. The minimum Gasteiger partial charge on any atom is -0.394 e. The molecule has 0 fully saturated rings. The number of hydrogen-bond acceptors (Lipinski definition) is 3. The third kappa shape index (κ3) is 2.70. The Morgan fingerprint density at radius 3 is 2.93 bits per heavy atom. The highest BCUT2D eigenvalue weighted by molar-refractivity contribution is 5.92. The van der Waals surface area contributed by atoms with Crippen LogP contribution in [0.25, 0.3) is 0 Å². The molecule has 1 atom stereocenters. The largest absolute Gasteiger partial charge is 0.394 e. The average molecular weight is 196 g/mol. The van der Waals surface area contributed by atoms with Crippen molar-refractivity contribution in [1.82, 2.24) is 10.3 Å². The van der Waals surface area contributed by atoms with Crippen molar-refractivity contribution in [2.24, 2.45) is 0 Å². The van der Waals surface area contributed by atoms with Gasteiger partial charge in [-0.25, -0.2) is 0 Å². The zero-order valence-electron chi connectivity index (χ0n) is 7.78. The van der Waals surface area contributed by atoms with E-state index in [1.165, 1.54) is 18.2 Å². The molecule has 5 heteroatoms. The molecule has 0 aliphatic carbocycles. The number of nitrogens with one attached hydrogen (secondary N) is 2. The first-order valence-electron chi connectivity index (χ1n) is 4.24. The summed E-state index contributed by atoms with van der Waals surface area (Å²) >= 11 is 0. The van der Waals surface area contributed by atoms with Crippen molar-refractivity contribution in [2.45, 2.75) is 13.0 Å². The summed E-state index contributed by atoms with van der Waals surface area (Å²) in [4.78, 5) is 24.6. The molecule has 14 heavy (non-hydrogen) atoms. The lowest BCUT2D eigenvalue weighted by Gasteiger charge is -2.09. The molecule has 0 saturated heterocycles. The number of amides is 1. The highest BCUT2D eigenvalue weighted by Crippen LogP contribution is 1.91. The molecule has 0 bridgehead atoms. The minimum atomic E-state index is -0.399. The normalized spacial score (nSPS) is 12.1. The molecule has 1 aromatic heterocycles. The van der Waals surface area contributed by atoms with Gasteiger partial charge in [0.05, 0.1) is 6.61 Å². The molecule has 0 aliphatic rings. The van der Waals surface area contributed by atoms with Crippen molar-refractivity contribution < 1.29 is 9.90 Å². The summed E-state index contributed by atoms with van der Waals surface area (Å²) in [7, 11) is 0. The molecule has 1 aromatic rings. The van der Waals surface area contributed by atoms with Gasteiger partial charge in [-0.2, -0.15) is 0 Å². The number of aromatic nitrogens is 1. The highest BCUT2D eigenvalue weighted by atomic mass is 16.3. The zero-order valence-corrected chi connectivity index (χ0v) is 7.78. The summed E-state index contributed by atoms with van der Waals surface area (Å²) in [6.45, 7) is 1.53. The van der Waals surface area contributed by atoms with E-state index in [1.807, 2.05) is 0 Å². The van der Waals surface area contributed by atoms with Crippen LogP contribution in [0.3, 0.4) is 0 Å². The van der Waals surface area contributed by atoms with Crippen LogP contribution in [0.15, 0.2) is 23.0 Å². The Balaban J connectivity index is 2.75. The molecule has 1 heterocycles. The first kappa shape index (κ1) is 10.5. The van der Waals surface area contributed by atoms with Crippen molar-refractivity contribution in [2.75, 3.05) is 6.61 Å². The number of rotatable bonds is 3. The first-order chi connectivity index (χ1) is 6.63. The van der Waals surface area contributed by atoms with Crippen LogP contribution in [-0.4, -0.2) is 28.6 Å². The molecule has 76 valence electrons. The van der Waals surface area contributed by atoms with Crippen molar-refractivity contribution in [3.63, 3.8) is 0 Å². The summed E-state index contributed by atoms with van der Waals surface area (Å²) in [5.41, 5.74) is -0.132. The quantitative estimate of drug-likeness (QED) is 0.608. The molecule has 0 saturated carbocycles. The van der Waals surface area contributed by atoms with Gasteiger partial charge in [-0.3, -0.25) is 9.59 Å². The number of hydrogen-bond donors (Lipinski definition) is 3. The monoisotopic (exact) mass is 196 g/mol. The molecule has 1 unspecified atom stereocenters. The lowest BCUT2D eigenvalue weighted by molar-refractivity contribution is 0.0917. The number of H-pyrrole nitrogens is 1. The van der Waals surface area contributed by atoms with Crippen LogP contribution in [0.5, 0.6) is 0 Å². The zero-order chi connectivity index (χ0) is 10.6. The van der Waals surface area contributed by atoms with Gasteiger partial charge in [-0.05, 0) is 13.0 Å². The first-order valence-corrected chi connectivity index (χ1v) is 4.24. The SMILES string of the molecule is CC(CO)NC(=O)c1cccc(=O)[nH]1. The van der Waals surface area contributed by atoms with Crippen LogP contribution in [0, 0.1) is 0 Å². The summed E-state index contributed by atoms with van der Waals surface area (Å²) in [6, 6.07) is 4.00. The van der Waals surface area contributed by atoms with Gasteiger partial charge >= 0.3 is 0 Å². The van der Waals surface area contributed by atoms with Crippen LogP contribution in [0.1, 0.15) is 17.4 Å². The number of aliphatic hydroxyl groups excluding tert-OH is 1. The number of carbonyl (C=O) groups excluding carboxylic acids is 1. The molecule has 0 radical (unpaired) electrons.